The number of aromatic nitrogens is 8. The number of nitrogens with one attached hydrogen (secondary N) is 3. The number of hydrogen-bond donors (Lipinski definition) is 8. The molecule has 58 heavy (non-hydrogen) atoms. The highest BCUT2D eigenvalue weighted by molar-refractivity contribution is 7.46. The van der Waals surface area contributed by atoms with Crippen molar-refractivity contribution in [1.82, 2.24) is 29.5 Å². The smallest absolute Gasteiger partial charge is 0.313 e. The number of nitrogen functional groups attached to an aromatic ring is 2. The fourth-order valence-electron chi connectivity index (χ4n) is 6.13. The van der Waals surface area contributed by atoms with Crippen LogP contribution in [0.2, 0.25) is 0 Å². The van der Waals surface area contributed by atoms with Crippen molar-refractivity contribution >= 4 is 57.7 Å². The molecule has 0 amide bonds. The number of imidazole rings is 2. The van der Waals surface area contributed by atoms with Crippen LogP contribution in [0.3, 0.4) is 0 Å². The van der Waals surface area contributed by atoms with Gasteiger partial charge in [0, 0.05) is 5.92 Å². The molecule has 0 aliphatic carbocycles. The Balaban J connectivity index is 0.00000641. The highest BCUT2D eigenvalue weighted by Crippen LogP contribution is 2.44. The van der Waals surface area contributed by atoms with E-state index in [1.807, 2.05) is 0 Å². The van der Waals surface area contributed by atoms with Crippen LogP contribution in [0.25, 0.3) is 22.3 Å². The number of hydrogen-bond acceptors (Lipinski definition) is 23. The van der Waals surface area contributed by atoms with E-state index in [9.17, 15) is 58.2 Å². The average molecular weight is 889 g/mol. The van der Waals surface area contributed by atoms with E-state index < -0.39 is 116 Å². The number of fused-ring (bicyclic) bond motifs is 2. The normalized spacial score (nSPS) is 27.7. The van der Waals surface area contributed by atoms with Gasteiger partial charge in [-0.1, -0.05) is 24.3 Å². The van der Waals surface area contributed by atoms with Crippen LogP contribution in [0.1, 0.15) is 26.8 Å². The summed E-state index contributed by atoms with van der Waals surface area (Å²) < 4.78 is 74.6. The number of phosphoric ester groups is 3. The molecule has 5 unspecified atom stereocenters. The van der Waals surface area contributed by atoms with Gasteiger partial charge in [0.2, 0.25) is 17.3 Å². The number of nitrogens with two attached hydrogens (primary N) is 2. The van der Waals surface area contributed by atoms with Gasteiger partial charge >= 0.3 is 11.3 Å². The van der Waals surface area contributed by atoms with Crippen LogP contribution < -0.4 is 51.3 Å². The first-order chi connectivity index (χ1) is 26.5. The number of aromatic amines is 3. The molecule has 4 aromatic heterocycles. The van der Waals surface area contributed by atoms with Gasteiger partial charge in [0.1, 0.15) is 30.5 Å². The third-order valence-corrected chi connectivity index (χ3v) is 11.2. The lowest BCUT2D eigenvalue weighted by Crippen LogP contribution is -2.46. The molecule has 0 radical (unpaired) electrons. The molecule has 2 aliphatic rings. The molecule has 2 fully saturated rings. The van der Waals surface area contributed by atoms with E-state index in [-0.39, 0.29) is 41.7 Å². The van der Waals surface area contributed by atoms with Gasteiger partial charge < -0.3 is 83.0 Å². The Morgan fingerprint density at radius 2 is 1.38 bits per heavy atom. The number of aliphatic hydroxyl groups is 3. The third-order valence-electron chi connectivity index (χ3n) is 8.78. The van der Waals surface area contributed by atoms with Gasteiger partial charge in [0.25, 0.3) is 38.7 Å². The number of phosphoric acid groups is 3. The van der Waals surface area contributed by atoms with E-state index >= 15 is 0 Å². The molecule has 6 heterocycles. The summed E-state index contributed by atoms with van der Waals surface area (Å²) in [5.41, 5.74) is 10.1. The van der Waals surface area contributed by atoms with Crippen LogP contribution in [0.5, 0.6) is 0 Å². The molecule has 4 aromatic rings. The summed E-state index contributed by atoms with van der Waals surface area (Å²) in [6.07, 6.45) is -9.76. The molecule has 32 heteroatoms. The van der Waals surface area contributed by atoms with E-state index in [2.05, 4.69) is 43.0 Å². The maximum Gasteiger partial charge on any atom is 0.313 e. The standard InChI is InChI=1S/C25H37N10O19P3.CH4/c1-9-15(36)11(52-22(9)35-8-33(2)14-19(35)30-25(27)32-21(14)40)5-50-56(44,45)48-3-10(54-55(41,42)43)4-49-57(46,47)51-6-12-16(37)17(38)23(53-12)34-7-28-13-18(34)29-24(26)31-20(13)39;/h7-12,15-17,22-23,36-38H,3-6H2,1-2H3,(H9-,26,27,29,30,31,32,39,40,41,42,43,44,45,46,47);1H4/p-2/t9-,10?,11?,12?,15+,16-,17-,22-,23-;/m1./s1. The fraction of sp³-hybridized carbons (Fsp3) is 0.615. The number of ether oxygens (including phenoxy) is 2. The van der Waals surface area contributed by atoms with E-state index in [0.29, 0.717) is 0 Å². The van der Waals surface area contributed by atoms with Crippen LogP contribution in [-0.2, 0) is 52.8 Å². The van der Waals surface area contributed by atoms with Crippen LogP contribution in [-0.4, -0.2) is 108 Å². The Labute approximate surface area is 324 Å². The molecular formula is C26H39N10O19P3-2. The molecule has 29 nitrogen and oxygen atoms in total. The Kier molecular flexibility index (Phi) is 13.5. The zero-order chi connectivity index (χ0) is 41.8. The maximum atomic E-state index is 12.6. The third kappa shape index (κ3) is 9.89. The van der Waals surface area contributed by atoms with Crippen molar-refractivity contribution in [2.24, 2.45) is 13.0 Å². The number of H-pyrrole nitrogens is 3. The monoisotopic (exact) mass is 888 g/mol. The van der Waals surface area contributed by atoms with Gasteiger partial charge in [-0.15, -0.1) is 0 Å². The van der Waals surface area contributed by atoms with Gasteiger partial charge in [0.15, 0.2) is 18.9 Å². The zero-order valence-electron chi connectivity index (χ0n) is 29.3. The van der Waals surface area contributed by atoms with Crippen molar-refractivity contribution in [3.63, 3.8) is 0 Å². The molecule has 0 bridgehead atoms. The van der Waals surface area contributed by atoms with Crippen molar-refractivity contribution in [1.29, 1.82) is 0 Å². The Morgan fingerprint density at radius 1 is 0.845 bits per heavy atom. The summed E-state index contributed by atoms with van der Waals surface area (Å²) in [6.45, 7) is -3.02. The second kappa shape index (κ2) is 17.2. The summed E-state index contributed by atoms with van der Waals surface area (Å²) in [5, 5.41) is 31.8. The van der Waals surface area contributed by atoms with Gasteiger partial charge in [-0.05, 0) is 0 Å². The SMILES string of the molecule is C.C[C@@H]1[C@H](O)C(COP(=O)([O-])OCC(COP(=O)([O-])OCC2O[C@@H]([n+]3c[nH]c4c(=O)[nH]c(N)nc43)[C@H](O)[C@@H]2O)OP(=O)([O-])[O-])O[C@H]1[n+]1cn(C)c2c(=O)[nH]c(N)nc21. The Bertz CT molecular complexity index is 2380. The lowest BCUT2D eigenvalue weighted by molar-refractivity contribution is -0.745. The first-order valence-electron chi connectivity index (χ1n) is 16.3. The van der Waals surface area contributed by atoms with Crippen LogP contribution >= 0.6 is 23.5 Å². The number of aliphatic hydroxyl groups excluding tert-OH is 3. The maximum absolute atomic E-state index is 12.6. The van der Waals surface area contributed by atoms with E-state index in [1.54, 1.807) is 14.0 Å². The number of aryl methyl sites for hydroxylation is 1. The molecule has 2 aliphatic heterocycles. The zero-order valence-corrected chi connectivity index (χ0v) is 32.0. The predicted octanol–water partition coefficient (Wildman–Crippen LogP) is -6.37. The fourth-order valence-corrected chi connectivity index (χ4v) is 8.12. The van der Waals surface area contributed by atoms with Crippen molar-refractivity contribution < 1.29 is 89.8 Å². The molecule has 0 spiro atoms. The van der Waals surface area contributed by atoms with Crippen molar-refractivity contribution in [2.75, 3.05) is 37.9 Å². The topological polar surface area (TPSA) is 441 Å². The van der Waals surface area contributed by atoms with Crippen molar-refractivity contribution in [3.05, 3.63) is 33.4 Å². The first kappa shape index (κ1) is 45.5. The number of nitrogens with zero attached hydrogens (tertiary/aromatic N) is 5. The number of rotatable bonds is 16. The molecule has 324 valence electrons. The highest BCUT2D eigenvalue weighted by atomic mass is 31.2. The van der Waals surface area contributed by atoms with Gasteiger partial charge in [-0.25, -0.2) is 9.13 Å². The van der Waals surface area contributed by atoms with E-state index in [0.717, 1.165) is 4.57 Å². The minimum atomic E-state index is -5.93. The van der Waals surface area contributed by atoms with E-state index in [4.69, 9.17) is 25.5 Å². The largest absolute Gasteiger partial charge is 0.790 e. The Hall–Kier alpha value is -3.57. The molecule has 2 saturated heterocycles. The second-order valence-electron chi connectivity index (χ2n) is 12.8. The summed E-state index contributed by atoms with van der Waals surface area (Å²) in [4.78, 5) is 87.6. The minimum Gasteiger partial charge on any atom is -0.790 e. The van der Waals surface area contributed by atoms with Gasteiger partial charge in [-0.3, -0.25) is 38.2 Å². The highest BCUT2D eigenvalue weighted by Gasteiger charge is 2.48. The van der Waals surface area contributed by atoms with Crippen molar-refractivity contribution in [3.8, 4) is 0 Å². The molecule has 0 aromatic carbocycles. The van der Waals surface area contributed by atoms with Gasteiger partial charge in [0.05, 0.1) is 47.4 Å². The predicted molar refractivity (Wildman–Crippen MR) is 180 cm³/mol. The first-order valence-corrected chi connectivity index (χ1v) is 20.7. The summed E-state index contributed by atoms with van der Waals surface area (Å²) in [6, 6.07) is 0. The second-order valence-corrected chi connectivity index (χ2v) is 16.7. The van der Waals surface area contributed by atoms with Crippen LogP contribution in [0, 0.1) is 5.92 Å². The molecule has 11 atom stereocenters. The van der Waals surface area contributed by atoms with Gasteiger partial charge in [-0.2, -0.15) is 0 Å². The molecule has 6 rings (SSSR count). The Morgan fingerprint density at radius 3 is 1.97 bits per heavy atom. The molecule has 0 saturated carbocycles. The van der Waals surface area contributed by atoms with Crippen LogP contribution in [0.4, 0.5) is 11.9 Å². The average Bonchev–Trinajstić information content (AvgIpc) is 3.83. The lowest BCUT2D eigenvalue weighted by atomic mass is 10.0. The quantitative estimate of drug-likeness (QED) is 0.0383. The summed E-state index contributed by atoms with van der Waals surface area (Å²) >= 11 is 0. The van der Waals surface area contributed by atoms with Crippen LogP contribution in [0.15, 0.2) is 22.2 Å². The van der Waals surface area contributed by atoms with E-state index in [1.165, 1.54) is 21.8 Å². The molecule has 10 N–H and O–H groups in total. The summed E-state index contributed by atoms with van der Waals surface area (Å²) in [7, 11) is -15.3. The summed E-state index contributed by atoms with van der Waals surface area (Å²) in [5.74, 6) is -1.22. The lowest BCUT2D eigenvalue weighted by Gasteiger charge is -2.35. The minimum absolute atomic E-state index is 0. The molecular weight excluding hydrogens is 849 g/mol. The number of anilines is 2. The van der Waals surface area contributed by atoms with Crippen molar-refractivity contribution in [2.45, 2.75) is 63.4 Å².